The summed E-state index contributed by atoms with van der Waals surface area (Å²) in [6, 6.07) is 23.4. The van der Waals surface area contributed by atoms with E-state index in [1.165, 1.54) is 11.6 Å². The molecule has 6 aliphatic rings. The number of nitrogen functional groups attached to an aromatic ring is 1. The molecule has 5 fully saturated rings. The van der Waals surface area contributed by atoms with Crippen LogP contribution in [0.1, 0.15) is 107 Å². The number of fused-ring (bicyclic) bond motifs is 2. The Morgan fingerprint density at radius 2 is 1.56 bits per heavy atom. The zero-order chi connectivity index (χ0) is 53.8. The number of phenolic OH excluding ortho intramolecular Hbond substituents is 1. The number of phenols is 1. The largest absolute Gasteiger partial charge is 0.507 e. The van der Waals surface area contributed by atoms with E-state index in [-0.39, 0.29) is 71.2 Å². The summed E-state index contributed by atoms with van der Waals surface area (Å²) in [7, 11) is 0. The van der Waals surface area contributed by atoms with Crippen LogP contribution in [-0.4, -0.2) is 126 Å². The van der Waals surface area contributed by atoms with Gasteiger partial charge in [0.25, 0.3) is 5.88 Å². The fourth-order valence-corrected chi connectivity index (χ4v) is 13.2. The Labute approximate surface area is 457 Å². The number of hydrogen-bond acceptors (Lipinski definition) is 17. The van der Waals surface area contributed by atoms with Crippen molar-refractivity contribution in [3.63, 3.8) is 0 Å². The van der Waals surface area contributed by atoms with Gasteiger partial charge < -0.3 is 44.8 Å². The summed E-state index contributed by atoms with van der Waals surface area (Å²) in [6.45, 7) is 9.31. The van der Waals surface area contributed by atoms with Crippen molar-refractivity contribution in [3.8, 4) is 34.0 Å². The number of benzene rings is 3. The molecule has 2 bridgehead atoms. The summed E-state index contributed by atoms with van der Waals surface area (Å²) in [5, 5.41) is 34.4. The molecular weight excluding hydrogens is 1020 g/mol. The number of piperazine rings is 1. The monoisotopic (exact) mass is 1080 g/mol. The third-order valence-electron chi connectivity index (χ3n) is 17.2. The first-order chi connectivity index (χ1) is 37.8. The molecule has 20 heteroatoms. The highest BCUT2D eigenvalue weighted by atomic mass is 35.5. The lowest BCUT2D eigenvalue weighted by Crippen LogP contribution is -2.54. The molecule has 0 spiro atoms. The summed E-state index contributed by atoms with van der Waals surface area (Å²) >= 11 is 7.01. The molecule has 408 valence electrons. The van der Waals surface area contributed by atoms with E-state index in [0.717, 1.165) is 100 Å². The third kappa shape index (κ3) is 9.98. The van der Waals surface area contributed by atoms with Crippen LogP contribution in [0.15, 0.2) is 101 Å². The lowest BCUT2D eigenvalue weighted by Gasteiger charge is -2.42. The Hall–Kier alpha value is -6.93. The molecule has 12 rings (SSSR count). The van der Waals surface area contributed by atoms with Crippen LogP contribution in [-0.2, 0) is 15.4 Å². The van der Waals surface area contributed by atoms with Crippen LogP contribution >= 0.6 is 11.6 Å². The smallest absolute Gasteiger partial charge is 0.273 e. The molecular formula is C58H66ClFN12O6. The molecule has 2 unspecified atom stereocenters. The number of aliphatic imine (C=N–C) groups is 1. The summed E-state index contributed by atoms with van der Waals surface area (Å²) in [5.41, 5.74) is 13.4. The molecule has 78 heavy (non-hydrogen) atoms. The number of aromatic nitrogens is 5. The van der Waals surface area contributed by atoms with Crippen LogP contribution in [0.25, 0.3) is 22.4 Å². The lowest BCUT2D eigenvalue weighted by molar-refractivity contribution is -0.134. The molecule has 3 aromatic heterocycles. The number of ether oxygens (including phenoxy) is 1. The number of aliphatic hydroxyl groups is 1. The number of carbonyl (C=O) groups is 1. The molecule has 1 amide bonds. The number of piperidine rings is 1. The van der Waals surface area contributed by atoms with E-state index < -0.39 is 23.8 Å². The van der Waals surface area contributed by atoms with E-state index in [4.69, 9.17) is 46.4 Å². The second kappa shape index (κ2) is 21.4. The van der Waals surface area contributed by atoms with Crippen molar-refractivity contribution >= 4 is 40.8 Å². The van der Waals surface area contributed by atoms with Crippen LogP contribution in [0.5, 0.6) is 11.6 Å². The predicted molar refractivity (Wildman–Crippen MR) is 293 cm³/mol. The van der Waals surface area contributed by atoms with Crippen LogP contribution in [0.2, 0.25) is 5.02 Å². The van der Waals surface area contributed by atoms with Crippen LogP contribution in [0.4, 0.5) is 21.8 Å². The van der Waals surface area contributed by atoms with Gasteiger partial charge in [-0.15, -0.1) is 10.2 Å². The number of hydrogen-bond donors (Lipinski definition) is 4. The van der Waals surface area contributed by atoms with Crippen molar-refractivity contribution in [2.75, 3.05) is 48.3 Å². The number of anilines is 3. The van der Waals surface area contributed by atoms with Gasteiger partial charge in [0.05, 0.1) is 23.5 Å². The molecule has 8 heterocycles. The van der Waals surface area contributed by atoms with Gasteiger partial charge in [0.15, 0.2) is 11.6 Å². The predicted octanol–water partition coefficient (Wildman–Crippen LogP) is 8.60. The van der Waals surface area contributed by atoms with Gasteiger partial charge in [-0.1, -0.05) is 80.0 Å². The molecule has 1 saturated carbocycles. The van der Waals surface area contributed by atoms with Gasteiger partial charge in [-0.3, -0.25) is 4.79 Å². The van der Waals surface area contributed by atoms with E-state index in [1.807, 2.05) is 75.6 Å². The van der Waals surface area contributed by atoms with Gasteiger partial charge in [0, 0.05) is 73.3 Å². The summed E-state index contributed by atoms with van der Waals surface area (Å²) in [6.07, 6.45) is 11.3. The molecule has 5 N–H and O–H groups in total. The maximum absolute atomic E-state index is 14.6. The average Bonchev–Trinajstić information content (AvgIpc) is 4.32. The number of carbonyl (C=O) groups excluding carboxylic acids is 1. The third-order valence-corrected chi connectivity index (χ3v) is 17.5. The highest BCUT2D eigenvalue weighted by molar-refractivity contribution is 6.32. The number of β-amino-alcohol motifs (C(OH)–C–C–N with tert-alkyl or cyclic N) is 1. The number of halogens is 2. The van der Waals surface area contributed by atoms with Gasteiger partial charge in [0.2, 0.25) is 17.6 Å². The number of nitrogens with one attached hydrogen (secondary N) is 1. The van der Waals surface area contributed by atoms with E-state index in [1.54, 1.807) is 35.2 Å². The summed E-state index contributed by atoms with van der Waals surface area (Å²) in [4.78, 5) is 44.5. The van der Waals surface area contributed by atoms with Gasteiger partial charge in [-0.2, -0.15) is 0 Å². The number of rotatable bonds is 13. The first-order valence-corrected chi connectivity index (χ1v) is 27.9. The zero-order valence-corrected chi connectivity index (χ0v) is 44.8. The number of nitrogens with zero attached hydrogens (tertiary/aromatic N) is 10. The Morgan fingerprint density at radius 1 is 0.885 bits per heavy atom. The van der Waals surface area contributed by atoms with Crippen molar-refractivity contribution < 1.29 is 33.5 Å². The van der Waals surface area contributed by atoms with Gasteiger partial charge in [-0.05, 0) is 124 Å². The first-order valence-electron chi connectivity index (χ1n) is 27.5. The van der Waals surface area contributed by atoms with E-state index in [2.05, 4.69) is 35.5 Å². The quantitative estimate of drug-likeness (QED) is 0.0851. The van der Waals surface area contributed by atoms with E-state index >= 15 is 0 Å². The molecule has 5 aliphatic heterocycles. The maximum Gasteiger partial charge on any atom is 0.273 e. The number of aromatic hydroxyl groups is 1. The topological polar surface area (TPSA) is 217 Å². The van der Waals surface area contributed by atoms with Crippen molar-refractivity contribution in [3.05, 3.63) is 119 Å². The van der Waals surface area contributed by atoms with Crippen molar-refractivity contribution in [1.82, 2.24) is 40.6 Å². The molecule has 6 aromatic rings. The number of amidine groups is 1. The number of nitrogens with two attached hydrogens (primary N) is 1. The average molecular weight is 1080 g/mol. The van der Waals surface area contributed by atoms with Crippen LogP contribution < -0.4 is 25.8 Å². The number of amides is 1. The molecule has 1 aliphatic carbocycles. The number of likely N-dealkylation sites (tertiary alicyclic amines) is 2. The summed E-state index contributed by atoms with van der Waals surface area (Å²) in [5.74, 6) is 0.934. The maximum atomic E-state index is 14.6. The Balaban J connectivity index is 0.625. The Kier molecular flexibility index (Phi) is 14.2. The minimum atomic E-state index is -1.13. The van der Waals surface area contributed by atoms with E-state index in [9.17, 15) is 19.4 Å². The fourth-order valence-electron chi connectivity index (χ4n) is 12.9. The molecule has 18 nitrogen and oxygen atoms in total. The Bertz CT molecular complexity index is 3160. The van der Waals surface area contributed by atoms with Crippen molar-refractivity contribution in [1.29, 1.82) is 0 Å². The first kappa shape index (κ1) is 51.8. The SMILES string of the molecule is CC(C)[C@@H](C(=O)N1C[C@H](O)C[C@H]1C1=N[C@@](C)(c2ccc(-c3ccccc3F)cc2)ON1)c1onc(OC2CCC(N3CCC(c4cnc(N5C6CCC5CN(c5cc(-c7ccccc7O)nnc5N)C6)nc4)CC3)CC2)c1Cl. The second-order valence-electron chi connectivity index (χ2n) is 22.4. The minimum Gasteiger partial charge on any atom is -0.507 e. The highest BCUT2D eigenvalue weighted by Crippen LogP contribution is 2.43. The highest BCUT2D eigenvalue weighted by Gasteiger charge is 2.47. The normalized spacial score (nSPS) is 26.1. The molecule has 0 radical (unpaired) electrons. The molecule has 4 saturated heterocycles. The number of para-hydroxylation sites is 1. The molecule has 3 aromatic carbocycles. The van der Waals surface area contributed by atoms with Gasteiger partial charge in [0.1, 0.15) is 34.4 Å². The molecule has 6 atom stereocenters. The van der Waals surface area contributed by atoms with Crippen LogP contribution in [0, 0.1) is 11.7 Å². The Morgan fingerprint density at radius 3 is 2.26 bits per heavy atom. The minimum absolute atomic E-state index is 0.0923. The fraction of sp³-hybridized carbons (Fsp3) is 0.466. The van der Waals surface area contributed by atoms with Gasteiger partial charge in [-0.25, -0.2) is 29.7 Å². The van der Waals surface area contributed by atoms with Gasteiger partial charge >= 0.3 is 0 Å². The summed E-state index contributed by atoms with van der Waals surface area (Å²) < 4.78 is 26.8. The zero-order valence-electron chi connectivity index (χ0n) is 44.1. The number of aliphatic hydroxyl groups excluding tert-OH is 1. The standard InChI is InChI=1S/C58H66ClFN12O6/c1-33(2)50(56(75)71-32-41(73)26-48(71)54-64-58(3,78-67-54)37-14-12-35(13-15-37)43-8-4-6-10-45(43)60)52-51(59)55(68-77-52)76-42-20-18-38(19-21-42)69-24-22-34(23-25-69)36-28-62-57(63-29-36)72-39-16-17-40(72)31-70(30-39)47-27-46(65-66-53(47)61)44-9-5-7-11-49(44)74/h4-15,27-29,33-34,38-42,48,50,73-74H,16-26,30-32H2,1-3H3,(H2,61,66)(H,64,67)/t38?,39?,40?,41-,42?,48+,50-,58-/m1/s1. The lowest BCUT2D eigenvalue weighted by atomic mass is 9.87. The van der Waals surface area contributed by atoms with Crippen LogP contribution in [0.3, 0.4) is 0 Å². The number of hydroxylamine groups is 1. The van der Waals surface area contributed by atoms with Crippen molar-refractivity contribution in [2.45, 2.75) is 132 Å². The van der Waals surface area contributed by atoms with Crippen molar-refractivity contribution in [2.24, 2.45) is 10.9 Å². The second-order valence-corrected chi connectivity index (χ2v) is 22.8. The van der Waals surface area contributed by atoms with E-state index in [0.29, 0.717) is 40.4 Å².